The number of rotatable bonds is 3. The van der Waals surface area contributed by atoms with Crippen LogP contribution >= 0.6 is 0 Å². The van der Waals surface area contributed by atoms with Crippen molar-refractivity contribution in [2.24, 2.45) is 0 Å². The van der Waals surface area contributed by atoms with Gasteiger partial charge in [-0.3, -0.25) is 5.41 Å². The molecule has 0 heterocycles. The Morgan fingerprint density at radius 1 is 1.39 bits per heavy atom. The van der Waals surface area contributed by atoms with E-state index in [9.17, 15) is 0 Å². The summed E-state index contributed by atoms with van der Waals surface area (Å²) in [5, 5.41) is 8.33. The van der Waals surface area contributed by atoms with Gasteiger partial charge in [-0.2, -0.15) is 0 Å². The zero-order valence-corrected chi connectivity index (χ0v) is 11.2. The minimum Gasteiger partial charge on any atom is -0.330 e. The Morgan fingerprint density at radius 3 is 2.78 bits per heavy atom. The quantitative estimate of drug-likeness (QED) is 0.621. The van der Waals surface area contributed by atoms with Crippen molar-refractivity contribution in [1.82, 2.24) is 0 Å². The second-order valence-electron chi connectivity index (χ2n) is 4.82. The number of likely N-dealkylation sites (N-methyl/N-ethyl adjacent to an activating group) is 1. The number of anilines is 1. The lowest BCUT2D eigenvalue weighted by atomic mass is 10.1. The summed E-state index contributed by atoms with van der Waals surface area (Å²) < 4.78 is 0. The minimum absolute atomic E-state index is 0.631. The van der Waals surface area contributed by atoms with Crippen LogP contribution in [0.1, 0.15) is 31.7 Å². The number of nitrogens with zero attached hydrogens (tertiary/aromatic N) is 1. The van der Waals surface area contributed by atoms with Crippen molar-refractivity contribution in [2.75, 3.05) is 11.9 Å². The second kappa shape index (κ2) is 5.21. The van der Waals surface area contributed by atoms with Gasteiger partial charge in [0.2, 0.25) is 0 Å². The Balaban J connectivity index is 2.25. The van der Waals surface area contributed by atoms with Crippen LogP contribution in [0.15, 0.2) is 42.0 Å². The van der Waals surface area contributed by atoms with Crippen LogP contribution in [0.4, 0.5) is 5.69 Å². The Kier molecular flexibility index (Phi) is 3.66. The van der Waals surface area contributed by atoms with Crippen LogP contribution in [-0.4, -0.2) is 12.9 Å². The highest BCUT2D eigenvalue weighted by Gasteiger charge is 2.18. The number of allylic oxidation sites excluding steroid dienone is 1. The fourth-order valence-corrected chi connectivity index (χ4v) is 2.41. The molecule has 0 aromatic heterocycles. The largest absolute Gasteiger partial charge is 0.330 e. The van der Waals surface area contributed by atoms with E-state index < -0.39 is 0 Å². The third kappa shape index (κ3) is 2.37. The molecule has 0 saturated carbocycles. The summed E-state index contributed by atoms with van der Waals surface area (Å²) in [5.41, 5.74) is 4.71. The molecule has 1 aromatic rings. The number of benzene rings is 1. The maximum absolute atomic E-state index is 8.33. The van der Waals surface area contributed by atoms with Crippen molar-refractivity contribution < 1.29 is 0 Å². The van der Waals surface area contributed by atoms with E-state index in [-0.39, 0.29) is 0 Å². The summed E-state index contributed by atoms with van der Waals surface area (Å²) in [7, 11) is 1.96. The number of amidine groups is 1. The van der Waals surface area contributed by atoms with Crippen LogP contribution in [0.25, 0.3) is 6.08 Å². The minimum atomic E-state index is 0.631. The summed E-state index contributed by atoms with van der Waals surface area (Å²) in [6, 6.07) is 8.12. The van der Waals surface area contributed by atoms with Crippen LogP contribution in [0.2, 0.25) is 0 Å². The van der Waals surface area contributed by atoms with Crippen LogP contribution in [0.3, 0.4) is 0 Å². The van der Waals surface area contributed by atoms with Crippen molar-refractivity contribution in [3.63, 3.8) is 0 Å². The Labute approximate surface area is 109 Å². The predicted molar refractivity (Wildman–Crippen MR) is 79.2 cm³/mol. The molecule has 1 aromatic carbocycles. The van der Waals surface area contributed by atoms with E-state index in [1.54, 1.807) is 0 Å². The molecule has 0 bridgehead atoms. The molecule has 2 nitrogen and oxygen atoms in total. The topological polar surface area (TPSA) is 27.1 Å². The first-order chi connectivity index (χ1) is 8.63. The molecule has 0 atom stereocenters. The zero-order chi connectivity index (χ0) is 13.1. The summed E-state index contributed by atoms with van der Waals surface area (Å²) >= 11 is 0. The maximum Gasteiger partial charge on any atom is 0.128 e. The monoisotopic (exact) mass is 240 g/mol. The third-order valence-corrected chi connectivity index (χ3v) is 3.61. The zero-order valence-electron chi connectivity index (χ0n) is 11.2. The molecular weight excluding hydrogens is 220 g/mol. The highest BCUT2D eigenvalue weighted by atomic mass is 15.1. The van der Waals surface area contributed by atoms with Gasteiger partial charge in [0.1, 0.15) is 5.84 Å². The molecule has 0 fully saturated rings. The van der Waals surface area contributed by atoms with E-state index in [4.69, 9.17) is 5.41 Å². The summed E-state index contributed by atoms with van der Waals surface area (Å²) in [6.07, 6.45) is 5.19. The highest BCUT2D eigenvalue weighted by Crippen LogP contribution is 2.28. The summed E-state index contributed by atoms with van der Waals surface area (Å²) in [4.78, 5) is 1.96. The van der Waals surface area contributed by atoms with Gasteiger partial charge in [-0.15, -0.1) is 0 Å². The lowest BCUT2D eigenvalue weighted by molar-refractivity contribution is 0.899. The van der Waals surface area contributed by atoms with E-state index in [0.717, 1.165) is 24.1 Å². The van der Waals surface area contributed by atoms with E-state index in [1.807, 2.05) is 36.2 Å². The van der Waals surface area contributed by atoms with Crippen molar-refractivity contribution >= 4 is 17.6 Å². The molecule has 0 saturated heterocycles. The molecule has 2 heteroatoms. The first kappa shape index (κ1) is 12.6. The average molecular weight is 240 g/mol. The highest BCUT2D eigenvalue weighted by molar-refractivity contribution is 6.08. The maximum atomic E-state index is 8.33. The van der Waals surface area contributed by atoms with Gasteiger partial charge in [-0.1, -0.05) is 30.4 Å². The SMILES string of the molecule is C=Cc1cccc(N(C)C(=N)C2=C(C)CCC2)c1. The second-order valence-corrected chi connectivity index (χ2v) is 4.82. The Bertz CT molecular complexity index is 512. The van der Waals surface area contributed by atoms with Crippen LogP contribution in [0.5, 0.6) is 0 Å². The molecule has 1 N–H and O–H groups in total. The van der Waals surface area contributed by atoms with E-state index in [1.165, 1.54) is 17.6 Å². The van der Waals surface area contributed by atoms with Crippen LogP contribution in [0, 0.1) is 5.41 Å². The van der Waals surface area contributed by atoms with Gasteiger partial charge in [-0.25, -0.2) is 0 Å². The molecule has 2 rings (SSSR count). The fraction of sp³-hybridized carbons (Fsp3) is 0.312. The summed E-state index contributed by atoms with van der Waals surface area (Å²) in [6.45, 7) is 5.93. The predicted octanol–water partition coefficient (Wildman–Crippen LogP) is 4.24. The number of hydrogen-bond acceptors (Lipinski definition) is 1. The van der Waals surface area contributed by atoms with Crippen LogP contribution in [-0.2, 0) is 0 Å². The first-order valence-electron chi connectivity index (χ1n) is 6.37. The molecule has 94 valence electrons. The van der Waals surface area contributed by atoms with Gasteiger partial charge in [0.05, 0.1) is 0 Å². The normalized spacial score (nSPS) is 14.8. The van der Waals surface area contributed by atoms with Crippen molar-refractivity contribution in [2.45, 2.75) is 26.2 Å². The van der Waals surface area contributed by atoms with Gasteiger partial charge in [0.25, 0.3) is 0 Å². The van der Waals surface area contributed by atoms with Gasteiger partial charge in [0.15, 0.2) is 0 Å². The van der Waals surface area contributed by atoms with Gasteiger partial charge >= 0.3 is 0 Å². The van der Waals surface area contributed by atoms with E-state index >= 15 is 0 Å². The molecule has 18 heavy (non-hydrogen) atoms. The van der Waals surface area contributed by atoms with E-state index in [0.29, 0.717) is 5.84 Å². The summed E-state index contributed by atoms with van der Waals surface area (Å²) in [5.74, 6) is 0.631. The number of hydrogen-bond donors (Lipinski definition) is 1. The Hall–Kier alpha value is -1.83. The van der Waals surface area contributed by atoms with Gasteiger partial charge < -0.3 is 4.90 Å². The van der Waals surface area contributed by atoms with Crippen molar-refractivity contribution in [1.29, 1.82) is 5.41 Å². The average Bonchev–Trinajstić information content (AvgIpc) is 2.83. The van der Waals surface area contributed by atoms with Crippen LogP contribution < -0.4 is 4.90 Å². The first-order valence-corrected chi connectivity index (χ1v) is 6.37. The molecular formula is C16H20N2. The standard InChI is InChI=1S/C16H20N2/c1-4-13-8-6-9-14(11-13)18(3)16(17)15-10-5-7-12(15)2/h4,6,8-9,11,17H,1,5,7,10H2,2-3H3. The molecule has 1 aliphatic rings. The molecule has 0 radical (unpaired) electrons. The third-order valence-electron chi connectivity index (χ3n) is 3.61. The molecule has 0 aliphatic heterocycles. The fourth-order valence-electron chi connectivity index (χ4n) is 2.41. The lowest BCUT2D eigenvalue weighted by Crippen LogP contribution is -2.27. The molecule has 1 aliphatic carbocycles. The molecule has 0 spiro atoms. The lowest BCUT2D eigenvalue weighted by Gasteiger charge is -2.22. The van der Waals surface area contributed by atoms with Gasteiger partial charge in [-0.05, 0) is 49.5 Å². The van der Waals surface area contributed by atoms with Gasteiger partial charge in [0, 0.05) is 12.7 Å². The van der Waals surface area contributed by atoms with Crippen molar-refractivity contribution in [3.05, 3.63) is 47.6 Å². The van der Waals surface area contributed by atoms with Crippen molar-refractivity contribution in [3.8, 4) is 0 Å². The number of nitrogens with one attached hydrogen (secondary N) is 1. The Morgan fingerprint density at radius 2 is 2.17 bits per heavy atom. The molecule has 0 amide bonds. The van der Waals surface area contributed by atoms with E-state index in [2.05, 4.69) is 19.6 Å². The molecule has 0 unspecified atom stereocenters. The smallest absolute Gasteiger partial charge is 0.128 e.